The topological polar surface area (TPSA) is 81.8 Å². The summed E-state index contributed by atoms with van der Waals surface area (Å²) >= 11 is 2.73. The van der Waals surface area contributed by atoms with Gasteiger partial charge in [0.2, 0.25) is 0 Å². The second-order valence-corrected chi connectivity index (χ2v) is 7.12. The van der Waals surface area contributed by atoms with E-state index < -0.39 is 10.7 Å². The van der Waals surface area contributed by atoms with E-state index in [1.165, 1.54) is 35.7 Å². The molecule has 0 fully saturated rings. The maximum absolute atomic E-state index is 13.9. The molecule has 0 unspecified atom stereocenters. The Labute approximate surface area is 156 Å². The third-order valence-electron chi connectivity index (χ3n) is 3.31. The molecular weight excluding hydrogens is 379 g/mol. The van der Waals surface area contributed by atoms with Crippen LogP contribution in [0.15, 0.2) is 52.4 Å². The van der Waals surface area contributed by atoms with Crippen LogP contribution in [0.5, 0.6) is 11.5 Å². The van der Waals surface area contributed by atoms with Crippen molar-refractivity contribution in [1.82, 2.24) is 0 Å². The third-order valence-corrected chi connectivity index (χ3v) is 5.28. The Morgan fingerprint density at radius 1 is 1.27 bits per heavy atom. The summed E-state index contributed by atoms with van der Waals surface area (Å²) in [5.41, 5.74) is 0.428. The Kier molecular flexibility index (Phi) is 5.38. The van der Waals surface area contributed by atoms with Gasteiger partial charge in [0.25, 0.3) is 11.6 Å². The maximum Gasteiger partial charge on any atom is 0.285 e. The van der Waals surface area contributed by atoms with E-state index in [9.17, 15) is 19.3 Å². The van der Waals surface area contributed by atoms with Gasteiger partial charge in [0, 0.05) is 6.07 Å². The minimum absolute atomic E-state index is 0.110. The van der Waals surface area contributed by atoms with E-state index >= 15 is 0 Å². The quantitative estimate of drug-likeness (QED) is 0.421. The Balaban J connectivity index is 1.73. The second-order valence-electron chi connectivity index (χ2n) is 5.04. The number of ether oxygens (including phenoxy) is 1. The average molecular weight is 390 g/mol. The predicted molar refractivity (Wildman–Crippen MR) is 101 cm³/mol. The molecule has 6 nitrogen and oxygen atoms in total. The molecule has 0 N–H and O–H groups in total. The van der Waals surface area contributed by atoms with Gasteiger partial charge in [-0.2, -0.15) is 4.99 Å². The zero-order valence-electron chi connectivity index (χ0n) is 13.3. The van der Waals surface area contributed by atoms with Gasteiger partial charge in [0.1, 0.15) is 10.1 Å². The largest absolute Gasteiger partial charge is 0.454 e. The second kappa shape index (κ2) is 7.71. The number of non-ortho nitro benzene ring substituents is 1. The number of amides is 1. The molecule has 9 heteroatoms. The lowest BCUT2D eigenvalue weighted by atomic mass is 10.2. The van der Waals surface area contributed by atoms with Crippen molar-refractivity contribution in [2.75, 3.05) is 6.26 Å². The molecule has 1 heterocycles. The molecule has 2 aromatic rings. The van der Waals surface area contributed by atoms with Crippen LogP contribution in [-0.2, 0) is 4.79 Å². The van der Waals surface area contributed by atoms with Crippen LogP contribution in [0.25, 0.3) is 6.08 Å². The maximum atomic E-state index is 13.9. The molecule has 1 amide bonds. The number of benzene rings is 2. The number of nitro groups is 1. The van der Waals surface area contributed by atoms with Crippen molar-refractivity contribution >= 4 is 45.6 Å². The van der Waals surface area contributed by atoms with E-state index in [-0.39, 0.29) is 17.3 Å². The molecule has 1 aliphatic heterocycles. The first-order chi connectivity index (χ1) is 12.5. The summed E-state index contributed by atoms with van der Waals surface area (Å²) in [7, 11) is 0. The molecule has 0 bridgehead atoms. The molecule has 0 radical (unpaired) electrons. The van der Waals surface area contributed by atoms with Gasteiger partial charge in [-0.05, 0) is 36.1 Å². The third kappa shape index (κ3) is 4.12. The van der Waals surface area contributed by atoms with Crippen LogP contribution in [-0.4, -0.2) is 21.5 Å². The van der Waals surface area contributed by atoms with Gasteiger partial charge in [0.05, 0.1) is 15.9 Å². The van der Waals surface area contributed by atoms with Gasteiger partial charge in [-0.3, -0.25) is 14.9 Å². The minimum Gasteiger partial charge on any atom is -0.454 e. The Bertz CT molecular complexity index is 942. The summed E-state index contributed by atoms with van der Waals surface area (Å²) in [6.45, 7) is 0. The number of rotatable bonds is 4. The number of hydrogen-bond donors (Lipinski definition) is 0. The molecule has 1 aliphatic rings. The highest BCUT2D eigenvalue weighted by atomic mass is 32.2. The Morgan fingerprint density at radius 2 is 2.00 bits per heavy atom. The molecule has 3 rings (SSSR count). The van der Waals surface area contributed by atoms with E-state index in [0.29, 0.717) is 15.0 Å². The highest BCUT2D eigenvalue weighted by molar-refractivity contribution is 8.40. The number of carbonyl (C=O) groups is 1. The predicted octanol–water partition coefficient (Wildman–Crippen LogP) is 4.86. The van der Waals surface area contributed by atoms with Crippen LogP contribution in [0.1, 0.15) is 5.56 Å². The molecule has 26 heavy (non-hydrogen) atoms. The minimum atomic E-state index is -0.819. The highest BCUT2D eigenvalue weighted by Crippen LogP contribution is 2.33. The van der Waals surface area contributed by atoms with E-state index in [1.54, 1.807) is 30.3 Å². The SMILES string of the molecule is CSC1=NC(=O)C(=Cc2ccc(Oc3ccc([N+](=O)[O-])cc3F)cc2)S1. The first kappa shape index (κ1) is 18.2. The molecule has 0 aliphatic carbocycles. The normalized spacial score (nSPS) is 15.2. The Morgan fingerprint density at radius 3 is 2.58 bits per heavy atom. The lowest BCUT2D eigenvalue weighted by Gasteiger charge is -2.07. The summed E-state index contributed by atoms with van der Waals surface area (Å²) in [5.74, 6) is -0.833. The van der Waals surface area contributed by atoms with Gasteiger partial charge < -0.3 is 4.74 Å². The zero-order chi connectivity index (χ0) is 18.7. The number of carbonyl (C=O) groups excluding carboxylic acids is 1. The number of nitro benzene ring substituents is 1. The lowest BCUT2D eigenvalue weighted by Crippen LogP contribution is -1.92. The molecule has 0 spiro atoms. The number of hydrogen-bond acceptors (Lipinski definition) is 6. The van der Waals surface area contributed by atoms with Crippen molar-refractivity contribution in [3.63, 3.8) is 0 Å². The monoisotopic (exact) mass is 390 g/mol. The molecule has 0 saturated carbocycles. The van der Waals surface area contributed by atoms with Crippen LogP contribution in [0, 0.1) is 15.9 Å². The van der Waals surface area contributed by atoms with E-state index in [1.807, 2.05) is 6.26 Å². The van der Waals surface area contributed by atoms with Gasteiger partial charge in [-0.15, -0.1) is 11.8 Å². The zero-order valence-corrected chi connectivity index (χ0v) is 15.0. The Hall–Kier alpha value is -2.65. The first-order valence-electron chi connectivity index (χ1n) is 7.24. The van der Waals surface area contributed by atoms with Crippen molar-refractivity contribution in [2.45, 2.75) is 0 Å². The van der Waals surface area contributed by atoms with Crippen molar-refractivity contribution < 1.29 is 18.8 Å². The van der Waals surface area contributed by atoms with Gasteiger partial charge in [-0.25, -0.2) is 4.39 Å². The van der Waals surface area contributed by atoms with Crippen LogP contribution < -0.4 is 4.74 Å². The van der Waals surface area contributed by atoms with Gasteiger partial charge in [0.15, 0.2) is 11.6 Å². The number of halogens is 1. The van der Waals surface area contributed by atoms with Crippen LogP contribution in [0.3, 0.4) is 0 Å². The number of aliphatic imine (C=N–C) groups is 1. The lowest BCUT2D eigenvalue weighted by molar-refractivity contribution is -0.385. The van der Waals surface area contributed by atoms with Gasteiger partial charge in [-0.1, -0.05) is 23.9 Å². The molecule has 2 aromatic carbocycles. The molecule has 0 aromatic heterocycles. The van der Waals surface area contributed by atoms with Crippen LogP contribution in [0.2, 0.25) is 0 Å². The fourth-order valence-electron chi connectivity index (χ4n) is 2.07. The van der Waals surface area contributed by atoms with Crippen LogP contribution in [0.4, 0.5) is 10.1 Å². The summed E-state index contributed by atoms with van der Waals surface area (Å²) in [6, 6.07) is 9.86. The highest BCUT2D eigenvalue weighted by Gasteiger charge is 2.20. The van der Waals surface area contributed by atoms with E-state index in [0.717, 1.165) is 11.6 Å². The molecular formula is C17H11FN2O4S2. The molecule has 132 valence electrons. The standard InChI is InChI=1S/C17H11FN2O4S2/c1-25-17-19-16(21)15(26-17)8-10-2-5-12(6-3-10)24-14-7-4-11(20(22)23)9-13(14)18/h2-9H,1H3. The van der Waals surface area contributed by atoms with Crippen molar-refractivity contribution in [1.29, 1.82) is 0 Å². The summed E-state index contributed by atoms with van der Waals surface area (Å²) in [5, 5.41) is 10.6. The molecule has 0 atom stereocenters. The van der Waals surface area contributed by atoms with Crippen LogP contribution >= 0.6 is 23.5 Å². The van der Waals surface area contributed by atoms with E-state index in [4.69, 9.17) is 4.74 Å². The molecule has 0 saturated heterocycles. The fourth-order valence-corrected chi connectivity index (χ4v) is 3.50. The number of thioether (sulfide) groups is 2. The van der Waals surface area contributed by atoms with Crippen molar-refractivity contribution in [3.8, 4) is 11.5 Å². The van der Waals surface area contributed by atoms with Crippen molar-refractivity contribution in [2.24, 2.45) is 4.99 Å². The smallest absolute Gasteiger partial charge is 0.285 e. The van der Waals surface area contributed by atoms with E-state index in [2.05, 4.69) is 4.99 Å². The average Bonchev–Trinajstić information content (AvgIpc) is 2.98. The summed E-state index contributed by atoms with van der Waals surface area (Å²) in [4.78, 5) is 26.2. The number of nitrogens with zero attached hydrogens (tertiary/aromatic N) is 2. The first-order valence-corrected chi connectivity index (χ1v) is 9.29. The summed E-state index contributed by atoms with van der Waals surface area (Å²) < 4.78 is 20.0. The fraction of sp³-hybridized carbons (Fsp3) is 0.0588. The van der Waals surface area contributed by atoms with Crippen molar-refractivity contribution in [3.05, 3.63) is 68.9 Å². The summed E-state index contributed by atoms with van der Waals surface area (Å²) in [6.07, 6.45) is 3.57. The van der Waals surface area contributed by atoms with Gasteiger partial charge >= 0.3 is 0 Å².